The molecule has 0 saturated heterocycles. The molecule has 0 aliphatic heterocycles. The number of rotatable bonds is 8. The molecule has 0 atom stereocenters. The van der Waals surface area contributed by atoms with Gasteiger partial charge in [0.1, 0.15) is 0 Å². The zero-order valence-electron chi connectivity index (χ0n) is 17.0. The minimum absolute atomic E-state index is 0.0634. The van der Waals surface area contributed by atoms with Gasteiger partial charge >= 0.3 is 0 Å². The van der Waals surface area contributed by atoms with E-state index >= 15 is 0 Å². The standard InChI is InChI=1S/C24H21ClN4OS/c1-17-7-9-18(10-8-17)22(30)16-31-24-28-27-23(29(24)21-5-3-2-4-6-21)15-26-20-13-11-19(25)12-14-20/h2-14,26H,15-16H2,1H3. The summed E-state index contributed by atoms with van der Waals surface area (Å²) in [6.45, 7) is 2.49. The van der Waals surface area contributed by atoms with E-state index in [-0.39, 0.29) is 5.78 Å². The molecule has 0 aliphatic carbocycles. The van der Waals surface area contributed by atoms with Gasteiger partial charge < -0.3 is 5.32 Å². The van der Waals surface area contributed by atoms with Gasteiger partial charge in [0.2, 0.25) is 0 Å². The van der Waals surface area contributed by atoms with E-state index in [1.54, 1.807) is 0 Å². The number of benzene rings is 3. The van der Waals surface area contributed by atoms with Crippen molar-refractivity contribution in [2.24, 2.45) is 0 Å². The summed E-state index contributed by atoms with van der Waals surface area (Å²) in [6, 6.07) is 25.0. The fourth-order valence-electron chi connectivity index (χ4n) is 3.05. The van der Waals surface area contributed by atoms with Crippen LogP contribution in [0.1, 0.15) is 21.7 Å². The summed E-state index contributed by atoms with van der Waals surface area (Å²) in [5, 5.41) is 13.5. The summed E-state index contributed by atoms with van der Waals surface area (Å²) in [6.07, 6.45) is 0. The van der Waals surface area contributed by atoms with Gasteiger partial charge in [0.15, 0.2) is 16.8 Å². The molecule has 0 unspecified atom stereocenters. The largest absolute Gasteiger partial charge is 0.378 e. The first-order valence-electron chi connectivity index (χ1n) is 9.82. The first kappa shape index (κ1) is 21.2. The van der Waals surface area contributed by atoms with Gasteiger partial charge in [0.25, 0.3) is 0 Å². The molecule has 7 heteroatoms. The van der Waals surface area contributed by atoms with Crippen LogP contribution in [-0.4, -0.2) is 26.3 Å². The van der Waals surface area contributed by atoms with E-state index in [2.05, 4.69) is 15.5 Å². The van der Waals surface area contributed by atoms with Gasteiger partial charge in [-0.05, 0) is 43.3 Å². The van der Waals surface area contributed by atoms with E-state index in [9.17, 15) is 4.79 Å². The maximum Gasteiger partial charge on any atom is 0.196 e. The van der Waals surface area contributed by atoms with Crippen LogP contribution in [0.2, 0.25) is 5.02 Å². The van der Waals surface area contributed by atoms with Crippen molar-refractivity contribution >= 4 is 34.8 Å². The second kappa shape index (κ2) is 9.81. The summed E-state index contributed by atoms with van der Waals surface area (Å²) in [7, 11) is 0. The Bertz CT molecular complexity index is 1160. The number of thioether (sulfide) groups is 1. The van der Waals surface area contributed by atoms with E-state index in [4.69, 9.17) is 11.6 Å². The quantitative estimate of drug-likeness (QED) is 0.272. The van der Waals surface area contributed by atoms with Crippen LogP contribution in [0.5, 0.6) is 0 Å². The van der Waals surface area contributed by atoms with Crippen LogP contribution in [0.3, 0.4) is 0 Å². The Hall–Kier alpha value is -3.09. The molecule has 31 heavy (non-hydrogen) atoms. The molecule has 3 aromatic carbocycles. The highest BCUT2D eigenvalue weighted by Crippen LogP contribution is 2.24. The first-order valence-corrected chi connectivity index (χ1v) is 11.2. The van der Waals surface area contributed by atoms with Crippen molar-refractivity contribution in [3.8, 4) is 5.69 Å². The van der Waals surface area contributed by atoms with E-state index in [0.29, 0.717) is 28.0 Å². The molecular weight excluding hydrogens is 428 g/mol. The number of ketones is 1. The van der Waals surface area contributed by atoms with E-state index in [0.717, 1.165) is 22.8 Å². The topological polar surface area (TPSA) is 59.8 Å². The molecule has 0 fully saturated rings. The summed E-state index contributed by atoms with van der Waals surface area (Å²) in [5.74, 6) is 1.11. The highest BCUT2D eigenvalue weighted by atomic mass is 35.5. The number of carbonyl (C=O) groups excluding carboxylic acids is 1. The number of hydrogen-bond donors (Lipinski definition) is 1. The Morgan fingerprint density at radius 1 is 0.968 bits per heavy atom. The van der Waals surface area contributed by atoms with Crippen molar-refractivity contribution in [1.82, 2.24) is 14.8 Å². The lowest BCUT2D eigenvalue weighted by molar-refractivity contribution is 0.102. The average molecular weight is 449 g/mol. The van der Waals surface area contributed by atoms with Crippen LogP contribution in [0.4, 0.5) is 5.69 Å². The summed E-state index contributed by atoms with van der Waals surface area (Å²) >= 11 is 7.35. The molecule has 5 nitrogen and oxygen atoms in total. The number of carbonyl (C=O) groups is 1. The Morgan fingerprint density at radius 2 is 1.68 bits per heavy atom. The number of Topliss-reactive ketones (excluding diaryl/α,β-unsaturated/α-hetero) is 1. The van der Waals surface area contributed by atoms with Crippen molar-refractivity contribution in [1.29, 1.82) is 0 Å². The number of aryl methyl sites for hydroxylation is 1. The Kier molecular flexibility index (Phi) is 6.70. The van der Waals surface area contributed by atoms with Crippen LogP contribution in [0.25, 0.3) is 5.69 Å². The zero-order valence-corrected chi connectivity index (χ0v) is 18.5. The summed E-state index contributed by atoms with van der Waals surface area (Å²) < 4.78 is 1.98. The normalized spacial score (nSPS) is 10.8. The van der Waals surface area contributed by atoms with E-state index < -0.39 is 0 Å². The monoisotopic (exact) mass is 448 g/mol. The number of anilines is 1. The Balaban J connectivity index is 1.53. The van der Waals surface area contributed by atoms with Gasteiger partial charge in [-0.2, -0.15) is 0 Å². The number of nitrogens with one attached hydrogen (secondary N) is 1. The smallest absolute Gasteiger partial charge is 0.196 e. The van der Waals surface area contributed by atoms with Crippen molar-refractivity contribution in [2.45, 2.75) is 18.6 Å². The molecule has 156 valence electrons. The molecule has 1 aromatic heterocycles. The SMILES string of the molecule is Cc1ccc(C(=O)CSc2nnc(CNc3ccc(Cl)cc3)n2-c2ccccc2)cc1. The zero-order chi connectivity index (χ0) is 21.6. The highest BCUT2D eigenvalue weighted by Gasteiger charge is 2.16. The van der Waals surface area contributed by atoms with E-state index in [1.165, 1.54) is 11.8 Å². The second-order valence-electron chi connectivity index (χ2n) is 7.01. The molecule has 0 aliphatic rings. The second-order valence-corrected chi connectivity index (χ2v) is 8.39. The van der Waals surface area contributed by atoms with Gasteiger partial charge in [-0.15, -0.1) is 10.2 Å². The number of hydrogen-bond acceptors (Lipinski definition) is 5. The number of para-hydroxylation sites is 1. The molecule has 4 aromatic rings. The van der Waals surface area contributed by atoms with Crippen molar-refractivity contribution in [2.75, 3.05) is 11.1 Å². The maximum atomic E-state index is 12.6. The third-order valence-electron chi connectivity index (χ3n) is 4.72. The van der Waals surface area contributed by atoms with Crippen LogP contribution < -0.4 is 5.32 Å². The summed E-state index contributed by atoms with van der Waals surface area (Å²) in [5.41, 5.74) is 3.72. The molecule has 0 bridgehead atoms. The minimum Gasteiger partial charge on any atom is -0.378 e. The van der Waals surface area contributed by atoms with Crippen LogP contribution in [-0.2, 0) is 6.54 Å². The van der Waals surface area contributed by atoms with Gasteiger partial charge in [-0.25, -0.2) is 0 Å². The first-order chi connectivity index (χ1) is 15.1. The molecule has 0 amide bonds. The Labute approximate surface area is 190 Å². The molecule has 4 rings (SSSR count). The molecule has 0 spiro atoms. The lowest BCUT2D eigenvalue weighted by atomic mass is 10.1. The van der Waals surface area contributed by atoms with Crippen molar-refractivity contribution in [3.05, 3.63) is 101 Å². The maximum absolute atomic E-state index is 12.6. The van der Waals surface area contributed by atoms with Gasteiger partial charge in [-0.3, -0.25) is 9.36 Å². The van der Waals surface area contributed by atoms with Crippen molar-refractivity contribution in [3.63, 3.8) is 0 Å². The molecule has 1 heterocycles. The number of nitrogens with zero attached hydrogens (tertiary/aromatic N) is 3. The third kappa shape index (κ3) is 5.34. The fourth-order valence-corrected chi connectivity index (χ4v) is 4.04. The lowest BCUT2D eigenvalue weighted by Gasteiger charge is -2.11. The van der Waals surface area contributed by atoms with Crippen LogP contribution in [0, 0.1) is 6.92 Å². The number of aromatic nitrogens is 3. The fraction of sp³-hybridized carbons (Fsp3) is 0.125. The average Bonchev–Trinajstić information content (AvgIpc) is 3.21. The molecule has 1 N–H and O–H groups in total. The number of halogens is 1. The predicted molar refractivity (Wildman–Crippen MR) is 126 cm³/mol. The van der Waals surface area contributed by atoms with Gasteiger partial charge in [0.05, 0.1) is 12.3 Å². The van der Waals surface area contributed by atoms with Crippen molar-refractivity contribution < 1.29 is 4.79 Å². The van der Waals surface area contributed by atoms with Crippen LogP contribution in [0.15, 0.2) is 84.0 Å². The molecule has 0 radical (unpaired) electrons. The molecule has 0 saturated carbocycles. The lowest BCUT2D eigenvalue weighted by Crippen LogP contribution is -2.09. The predicted octanol–water partition coefficient (Wildman–Crippen LogP) is 5.82. The van der Waals surface area contributed by atoms with Gasteiger partial charge in [-0.1, -0.05) is 71.4 Å². The minimum atomic E-state index is 0.0634. The third-order valence-corrected chi connectivity index (χ3v) is 5.90. The highest BCUT2D eigenvalue weighted by molar-refractivity contribution is 7.99. The van der Waals surface area contributed by atoms with E-state index in [1.807, 2.05) is 90.4 Å². The molecular formula is C24H21ClN4OS. The Morgan fingerprint density at radius 3 is 2.39 bits per heavy atom. The van der Waals surface area contributed by atoms with Crippen LogP contribution >= 0.6 is 23.4 Å². The van der Waals surface area contributed by atoms with Gasteiger partial charge in [0, 0.05) is 22.0 Å². The summed E-state index contributed by atoms with van der Waals surface area (Å²) in [4.78, 5) is 12.6.